The predicted octanol–water partition coefficient (Wildman–Crippen LogP) is 1.88. The van der Waals surface area contributed by atoms with E-state index in [1.807, 2.05) is 0 Å². The fraction of sp³-hybridized carbons (Fsp3) is 0.538. The molecule has 0 radical (unpaired) electrons. The van der Waals surface area contributed by atoms with Crippen LogP contribution in [0.1, 0.15) is 12.0 Å². The van der Waals surface area contributed by atoms with E-state index in [9.17, 15) is 0 Å². The number of hydrogen-bond acceptors (Lipinski definition) is 3. The molecule has 3 fully saturated rings. The molecule has 2 N–H and O–H groups in total. The standard InChI is InChI=1S/C13H18N2S/c14-6-5-10-1-3-11(4-2-10)15-8-12-7-13(9-15)16-12/h1-4,12-13H,5-9,14H2. The molecule has 1 aromatic carbocycles. The first-order valence-electron chi connectivity index (χ1n) is 6.04. The molecular weight excluding hydrogens is 216 g/mol. The maximum absolute atomic E-state index is 5.55. The van der Waals surface area contributed by atoms with Crippen LogP contribution in [0.4, 0.5) is 5.69 Å². The first kappa shape index (κ1) is 10.5. The lowest BCUT2D eigenvalue weighted by atomic mass is 10.1. The van der Waals surface area contributed by atoms with Crippen molar-refractivity contribution in [2.24, 2.45) is 5.73 Å². The summed E-state index contributed by atoms with van der Waals surface area (Å²) in [5.41, 5.74) is 8.29. The lowest BCUT2D eigenvalue weighted by Crippen LogP contribution is -2.51. The van der Waals surface area contributed by atoms with Gasteiger partial charge in [-0.3, -0.25) is 0 Å². The van der Waals surface area contributed by atoms with Crippen LogP contribution < -0.4 is 10.6 Å². The van der Waals surface area contributed by atoms with Crippen LogP contribution in [0.15, 0.2) is 24.3 Å². The molecule has 4 rings (SSSR count). The van der Waals surface area contributed by atoms with Gasteiger partial charge in [-0.15, -0.1) is 0 Å². The van der Waals surface area contributed by atoms with Crippen LogP contribution in [0.25, 0.3) is 0 Å². The third kappa shape index (κ3) is 1.94. The van der Waals surface area contributed by atoms with Gasteiger partial charge in [-0.25, -0.2) is 0 Å². The van der Waals surface area contributed by atoms with Gasteiger partial charge < -0.3 is 10.6 Å². The molecule has 86 valence electrons. The van der Waals surface area contributed by atoms with Crippen molar-refractivity contribution in [3.05, 3.63) is 29.8 Å². The van der Waals surface area contributed by atoms with Gasteiger partial charge in [0.15, 0.2) is 0 Å². The largest absolute Gasteiger partial charge is 0.369 e. The van der Waals surface area contributed by atoms with Crippen LogP contribution in [0.5, 0.6) is 0 Å². The minimum absolute atomic E-state index is 0.740. The molecule has 2 bridgehead atoms. The highest BCUT2D eigenvalue weighted by Gasteiger charge is 2.37. The zero-order valence-electron chi connectivity index (χ0n) is 9.43. The van der Waals surface area contributed by atoms with Crippen molar-refractivity contribution < 1.29 is 0 Å². The zero-order valence-corrected chi connectivity index (χ0v) is 10.2. The maximum Gasteiger partial charge on any atom is 0.0367 e. The van der Waals surface area contributed by atoms with Gasteiger partial charge in [0.2, 0.25) is 0 Å². The number of nitrogens with two attached hydrogens (primary N) is 1. The Morgan fingerprint density at radius 2 is 1.81 bits per heavy atom. The van der Waals surface area contributed by atoms with Crippen molar-refractivity contribution in [2.45, 2.75) is 23.3 Å². The molecule has 2 nitrogen and oxygen atoms in total. The number of rotatable bonds is 3. The highest BCUT2D eigenvalue weighted by Crippen LogP contribution is 2.42. The van der Waals surface area contributed by atoms with E-state index in [4.69, 9.17) is 5.73 Å². The number of fused-ring (bicyclic) bond motifs is 2. The van der Waals surface area contributed by atoms with E-state index < -0.39 is 0 Å². The molecule has 0 amide bonds. The molecule has 16 heavy (non-hydrogen) atoms. The van der Waals surface area contributed by atoms with Gasteiger partial charge in [-0.05, 0) is 37.1 Å². The first-order chi connectivity index (χ1) is 7.85. The molecule has 3 heteroatoms. The fourth-order valence-electron chi connectivity index (χ4n) is 2.61. The van der Waals surface area contributed by atoms with Gasteiger partial charge in [0.05, 0.1) is 0 Å². The molecule has 0 aromatic heterocycles. The predicted molar refractivity (Wildman–Crippen MR) is 71.2 cm³/mol. The van der Waals surface area contributed by atoms with Crippen LogP contribution in [0.2, 0.25) is 0 Å². The van der Waals surface area contributed by atoms with Crippen molar-refractivity contribution in [1.29, 1.82) is 0 Å². The molecule has 3 saturated heterocycles. The fourth-order valence-corrected chi connectivity index (χ4v) is 4.01. The Labute approximate surface area is 101 Å². The molecule has 0 spiro atoms. The van der Waals surface area contributed by atoms with E-state index in [-0.39, 0.29) is 0 Å². The summed E-state index contributed by atoms with van der Waals surface area (Å²) < 4.78 is 0. The van der Waals surface area contributed by atoms with Gasteiger partial charge in [0, 0.05) is 29.3 Å². The maximum atomic E-state index is 5.55. The van der Waals surface area contributed by atoms with Crippen molar-refractivity contribution in [3.63, 3.8) is 0 Å². The summed E-state index contributed by atoms with van der Waals surface area (Å²) in [5.74, 6) is 0. The number of anilines is 1. The second-order valence-electron chi connectivity index (χ2n) is 4.73. The summed E-state index contributed by atoms with van der Waals surface area (Å²) in [6.45, 7) is 3.21. The molecular formula is C13H18N2S. The molecule has 0 saturated carbocycles. The van der Waals surface area contributed by atoms with Crippen LogP contribution >= 0.6 is 11.8 Å². The SMILES string of the molecule is NCCc1ccc(N2CC3CC(C2)S3)cc1. The summed E-state index contributed by atoms with van der Waals surface area (Å²) in [5, 5.41) is 1.78. The summed E-state index contributed by atoms with van der Waals surface area (Å²) in [6.07, 6.45) is 2.42. The smallest absolute Gasteiger partial charge is 0.0367 e. The molecule has 3 aliphatic rings. The Hall–Kier alpha value is -0.670. The lowest BCUT2D eigenvalue weighted by Gasteiger charge is -2.47. The van der Waals surface area contributed by atoms with E-state index in [1.165, 1.54) is 30.8 Å². The summed E-state index contributed by atoms with van der Waals surface area (Å²) in [7, 11) is 0. The van der Waals surface area contributed by atoms with Gasteiger partial charge in [-0.1, -0.05) is 12.1 Å². The Morgan fingerprint density at radius 3 is 2.38 bits per heavy atom. The van der Waals surface area contributed by atoms with Gasteiger partial charge in [0.25, 0.3) is 0 Å². The highest BCUT2D eigenvalue weighted by molar-refractivity contribution is 8.02. The van der Waals surface area contributed by atoms with Crippen LogP contribution in [0, 0.1) is 0 Å². The quantitative estimate of drug-likeness (QED) is 0.866. The average Bonchev–Trinajstić information content (AvgIpc) is 2.30. The normalized spacial score (nSPS) is 27.7. The molecule has 3 aliphatic heterocycles. The summed E-state index contributed by atoms with van der Waals surface area (Å²) in [4.78, 5) is 2.53. The minimum atomic E-state index is 0.740. The average molecular weight is 234 g/mol. The second kappa shape index (κ2) is 4.30. The Kier molecular flexibility index (Phi) is 2.82. The molecule has 1 aromatic rings. The minimum Gasteiger partial charge on any atom is -0.369 e. The van der Waals surface area contributed by atoms with Crippen molar-refractivity contribution in [3.8, 4) is 0 Å². The van der Waals surface area contributed by atoms with Gasteiger partial charge in [0.1, 0.15) is 0 Å². The third-order valence-electron chi connectivity index (χ3n) is 3.49. The third-order valence-corrected chi connectivity index (χ3v) is 4.95. The van der Waals surface area contributed by atoms with Crippen molar-refractivity contribution >= 4 is 17.4 Å². The van der Waals surface area contributed by atoms with Gasteiger partial charge in [-0.2, -0.15) is 11.8 Å². The Morgan fingerprint density at radius 1 is 1.19 bits per heavy atom. The number of nitrogens with zero attached hydrogens (tertiary/aromatic N) is 1. The highest BCUT2D eigenvalue weighted by atomic mass is 32.2. The van der Waals surface area contributed by atoms with Crippen molar-refractivity contribution in [1.82, 2.24) is 0 Å². The van der Waals surface area contributed by atoms with Crippen LogP contribution in [0.3, 0.4) is 0 Å². The van der Waals surface area contributed by atoms with E-state index in [1.54, 1.807) is 0 Å². The molecule has 0 aliphatic carbocycles. The monoisotopic (exact) mass is 234 g/mol. The number of benzene rings is 1. The van der Waals surface area contributed by atoms with Gasteiger partial charge >= 0.3 is 0 Å². The second-order valence-corrected chi connectivity index (χ2v) is 6.33. The zero-order chi connectivity index (χ0) is 11.0. The molecule has 3 heterocycles. The topological polar surface area (TPSA) is 29.3 Å². The van der Waals surface area contributed by atoms with E-state index in [2.05, 4.69) is 40.9 Å². The summed E-state index contributed by atoms with van der Waals surface area (Å²) in [6, 6.07) is 8.94. The Bertz CT molecular complexity index is 347. The number of thioether (sulfide) groups is 1. The molecule has 2 atom stereocenters. The number of piperidine rings is 1. The van der Waals surface area contributed by atoms with Crippen LogP contribution in [-0.4, -0.2) is 30.1 Å². The van der Waals surface area contributed by atoms with Crippen LogP contribution in [-0.2, 0) is 6.42 Å². The number of hydrogen-bond donors (Lipinski definition) is 1. The van der Waals surface area contributed by atoms with E-state index in [0.717, 1.165) is 23.5 Å². The van der Waals surface area contributed by atoms with E-state index in [0.29, 0.717) is 0 Å². The molecule has 2 unspecified atom stereocenters. The lowest BCUT2D eigenvalue weighted by molar-refractivity contribution is 0.558. The summed E-state index contributed by atoms with van der Waals surface area (Å²) >= 11 is 2.17. The first-order valence-corrected chi connectivity index (χ1v) is 6.99. The van der Waals surface area contributed by atoms with Crippen molar-refractivity contribution in [2.75, 3.05) is 24.5 Å². The Balaban J connectivity index is 1.69. The van der Waals surface area contributed by atoms with E-state index >= 15 is 0 Å².